The van der Waals surface area contributed by atoms with E-state index in [1.807, 2.05) is 0 Å². The Hall–Kier alpha value is -3.99. The highest BCUT2D eigenvalue weighted by Gasteiger charge is 2.19. The van der Waals surface area contributed by atoms with Crippen molar-refractivity contribution in [2.24, 2.45) is 0 Å². The Bertz CT molecular complexity index is 1110. The van der Waals surface area contributed by atoms with Crippen LogP contribution in [0.5, 0.6) is 0 Å². The lowest BCUT2D eigenvalue weighted by atomic mass is 10.2. The molecule has 10 nitrogen and oxygen atoms in total. The third-order valence-electron chi connectivity index (χ3n) is 3.82. The van der Waals surface area contributed by atoms with E-state index in [0.717, 1.165) is 5.56 Å². The number of carboxylic acids is 1. The number of carbonyl (C=O) groups excluding carboxylic acids is 3. The summed E-state index contributed by atoms with van der Waals surface area (Å²) in [6.45, 7) is 10.0. The number of aliphatic carboxylic acids is 1. The number of carbonyl (C=O) groups is 4. The van der Waals surface area contributed by atoms with E-state index in [0.29, 0.717) is 10.7 Å². The number of nitrogens with one attached hydrogen (secondary N) is 3. The van der Waals surface area contributed by atoms with E-state index in [-0.39, 0.29) is 11.4 Å². The second-order valence-electron chi connectivity index (χ2n) is 7.64. The van der Waals surface area contributed by atoms with Gasteiger partial charge in [0, 0.05) is 16.6 Å². The standard InChI is InChI=1S/C22H24N4O6S/c1-6-15(17(27)23-12(2)20(29)30)25-18(28)16-11-33-19(26-16)13-7-9-14(10-8-13)24-21(31)32-22(3,4)5/h6-11H,2H2,1,3-5H3,(H,23,27)(H,24,31)(H,25,28)(H,29,30)/b15-6-. The molecule has 0 bridgehead atoms. The molecule has 0 aliphatic carbocycles. The Morgan fingerprint density at radius 3 is 2.30 bits per heavy atom. The molecule has 33 heavy (non-hydrogen) atoms. The van der Waals surface area contributed by atoms with E-state index in [9.17, 15) is 19.2 Å². The van der Waals surface area contributed by atoms with Gasteiger partial charge in [0.1, 0.15) is 27.7 Å². The van der Waals surface area contributed by atoms with E-state index in [4.69, 9.17) is 9.84 Å². The van der Waals surface area contributed by atoms with Crippen LogP contribution in [0.4, 0.5) is 10.5 Å². The number of benzene rings is 1. The van der Waals surface area contributed by atoms with Crippen molar-refractivity contribution in [2.45, 2.75) is 33.3 Å². The van der Waals surface area contributed by atoms with Gasteiger partial charge in [-0.25, -0.2) is 14.6 Å². The number of allylic oxidation sites excluding steroid dienone is 1. The van der Waals surface area contributed by atoms with Gasteiger partial charge >= 0.3 is 12.1 Å². The van der Waals surface area contributed by atoms with E-state index < -0.39 is 35.2 Å². The molecule has 0 fully saturated rings. The predicted octanol–water partition coefficient (Wildman–Crippen LogP) is 3.51. The van der Waals surface area contributed by atoms with E-state index in [1.165, 1.54) is 29.7 Å². The van der Waals surface area contributed by atoms with Gasteiger partial charge in [-0.2, -0.15) is 0 Å². The molecule has 174 valence electrons. The van der Waals surface area contributed by atoms with Gasteiger partial charge in [0.2, 0.25) is 0 Å². The second-order valence-corrected chi connectivity index (χ2v) is 8.49. The fraction of sp³-hybridized carbons (Fsp3) is 0.227. The van der Waals surface area contributed by atoms with Gasteiger partial charge in [-0.1, -0.05) is 12.7 Å². The maximum Gasteiger partial charge on any atom is 0.412 e. The van der Waals surface area contributed by atoms with Crippen LogP contribution in [-0.4, -0.2) is 39.6 Å². The first kappa shape index (κ1) is 25.3. The summed E-state index contributed by atoms with van der Waals surface area (Å²) in [7, 11) is 0. The Morgan fingerprint density at radius 1 is 1.12 bits per heavy atom. The zero-order valence-electron chi connectivity index (χ0n) is 18.5. The number of rotatable bonds is 7. The Balaban J connectivity index is 2.04. The minimum absolute atomic E-state index is 0.0789. The molecule has 3 amide bonds. The van der Waals surface area contributed by atoms with Crippen LogP contribution in [-0.2, 0) is 14.3 Å². The highest BCUT2D eigenvalue weighted by molar-refractivity contribution is 7.13. The number of hydrogen-bond acceptors (Lipinski definition) is 7. The molecule has 1 aromatic heterocycles. The Labute approximate surface area is 194 Å². The number of hydrogen-bond donors (Lipinski definition) is 4. The first-order valence-electron chi connectivity index (χ1n) is 9.67. The smallest absolute Gasteiger partial charge is 0.412 e. The highest BCUT2D eigenvalue weighted by atomic mass is 32.1. The lowest BCUT2D eigenvalue weighted by Gasteiger charge is -2.19. The van der Waals surface area contributed by atoms with Crippen molar-refractivity contribution in [3.63, 3.8) is 0 Å². The molecule has 0 atom stereocenters. The number of nitrogens with zero attached hydrogens (tertiary/aromatic N) is 1. The summed E-state index contributed by atoms with van der Waals surface area (Å²) in [5, 5.41) is 18.0. The number of thiazole rings is 1. The molecule has 0 saturated heterocycles. The molecule has 0 aliphatic rings. The van der Waals surface area contributed by atoms with E-state index in [1.54, 1.807) is 45.0 Å². The topological polar surface area (TPSA) is 147 Å². The molecule has 2 aromatic rings. The van der Waals surface area contributed by atoms with Gasteiger partial charge in [-0.3, -0.25) is 14.9 Å². The molecule has 0 radical (unpaired) electrons. The molecular weight excluding hydrogens is 448 g/mol. The average Bonchev–Trinajstić information content (AvgIpc) is 3.21. The van der Waals surface area contributed by atoms with Crippen LogP contribution in [0.2, 0.25) is 0 Å². The number of carboxylic acid groups (broad SMARTS) is 1. The molecular formula is C22H24N4O6S. The summed E-state index contributed by atoms with van der Waals surface area (Å²) in [4.78, 5) is 51.5. The third-order valence-corrected chi connectivity index (χ3v) is 4.71. The molecule has 11 heteroatoms. The van der Waals surface area contributed by atoms with Crippen LogP contribution in [0.15, 0.2) is 53.7 Å². The minimum Gasteiger partial charge on any atom is -0.477 e. The normalized spacial score (nSPS) is 11.3. The maximum absolute atomic E-state index is 12.5. The van der Waals surface area contributed by atoms with Crippen LogP contribution in [0.25, 0.3) is 10.6 Å². The van der Waals surface area contributed by atoms with Crippen molar-refractivity contribution in [3.8, 4) is 10.6 Å². The first-order chi connectivity index (χ1) is 15.4. The fourth-order valence-electron chi connectivity index (χ4n) is 2.33. The maximum atomic E-state index is 12.5. The molecule has 4 N–H and O–H groups in total. The predicted molar refractivity (Wildman–Crippen MR) is 124 cm³/mol. The van der Waals surface area contributed by atoms with Crippen molar-refractivity contribution < 1.29 is 29.0 Å². The lowest BCUT2D eigenvalue weighted by Crippen LogP contribution is -2.35. The van der Waals surface area contributed by atoms with Crippen LogP contribution >= 0.6 is 11.3 Å². The molecule has 1 aromatic carbocycles. The molecule has 0 unspecified atom stereocenters. The van der Waals surface area contributed by atoms with Gasteiger partial charge < -0.3 is 20.5 Å². The number of anilines is 1. The zero-order valence-corrected chi connectivity index (χ0v) is 19.3. The first-order valence-corrected chi connectivity index (χ1v) is 10.5. The van der Waals surface area contributed by atoms with Crippen molar-refractivity contribution in [3.05, 3.63) is 59.4 Å². The molecule has 0 aliphatic heterocycles. The zero-order chi connectivity index (χ0) is 24.8. The summed E-state index contributed by atoms with van der Waals surface area (Å²) >= 11 is 1.22. The quantitative estimate of drug-likeness (QED) is 0.451. The van der Waals surface area contributed by atoms with Crippen LogP contribution in [0.1, 0.15) is 38.2 Å². The van der Waals surface area contributed by atoms with Gasteiger partial charge in [0.15, 0.2) is 0 Å². The SMILES string of the molecule is C=C(NC(=O)/C(=C/C)NC(=O)c1csc(-c2ccc(NC(=O)OC(C)(C)C)cc2)n1)C(=O)O. The molecule has 0 spiro atoms. The average molecular weight is 473 g/mol. The summed E-state index contributed by atoms with van der Waals surface area (Å²) in [5.74, 6) is -2.84. The summed E-state index contributed by atoms with van der Waals surface area (Å²) in [6.07, 6.45) is 0.755. The van der Waals surface area contributed by atoms with Crippen molar-refractivity contribution in [1.29, 1.82) is 0 Å². The Morgan fingerprint density at radius 2 is 1.76 bits per heavy atom. The van der Waals surface area contributed by atoms with Crippen molar-refractivity contribution in [2.75, 3.05) is 5.32 Å². The van der Waals surface area contributed by atoms with Gasteiger partial charge in [0.05, 0.1) is 0 Å². The summed E-state index contributed by atoms with van der Waals surface area (Å²) in [6, 6.07) is 6.82. The minimum atomic E-state index is -1.39. The van der Waals surface area contributed by atoms with E-state index in [2.05, 4.69) is 27.5 Å². The molecule has 1 heterocycles. The van der Waals surface area contributed by atoms with Crippen molar-refractivity contribution in [1.82, 2.24) is 15.6 Å². The summed E-state index contributed by atoms with van der Waals surface area (Å²) in [5.41, 5.74) is 0.0585. The van der Waals surface area contributed by atoms with E-state index >= 15 is 0 Å². The van der Waals surface area contributed by atoms with Gasteiger partial charge in [-0.05, 0) is 52.0 Å². The lowest BCUT2D eigenvalue weighted by molar-refractivity contribution is -0.134. The number of ether oxygens (including phenoxy) is 1. The number of amides is 3. The van der Waals surface area contributed by atoms with Crippen LogP contribution in [0, 0.1) is 0 Å². The Kier molecular flexibility index (Phi) is 8.08. The highest BCUT2D eigenvalue weighted by Crippen LogP contribution is 2.25. The summed E-state index contributed by atoms with van der Waals surface area (Å²) < 4.78 is 5.21. The van der Waals surface area contributed by atoms with Crippen LogP contribution in [0.3, 0.4) is 0 Å². The second kappa shape index (κ2) is 10.6. The van der Waals surface area contributed by atoms with Crippen LogP contribution < -0.4 is 16.0 Å². The number of aromatic nitrogens is 1. The van der Waals surface area contributed by atoms with Gasteiger partial charge in [-0.15, -0.1) is 11.3 Å². The largest absolute Gasteiger partial charge is 0.477 e. The third kappa shape index (κ3) is 7.58. The fourth-order valence-corrected chi connectivity index (χ4v) is 3.14. The molecule has 2 rings (SSSR count). The van der Waals surface area contributed by atoms with Crippen molar-refractivity contribution >= 4 is 40.9 Å². The monoisotopic (exact) mass is 472 g/mol. The van der Waals surface area contributed by atoms with Gasteiger partial charge in [0.25, 0.3) is 11.8 Å². The molecule has 0 saturated carbocycles.